The summed E-state index contributed by atoms with van der Waals surface area (Å²) in [6.45, 7) is 3.42. The van der Waals surface area contributed by atoms with E-state index in [0.717, 1.165) is 6.07 Å². The number of anilines is 1. The largest absolute Gasteiger partial charge is 0.416 e. The van der Waals surface area contributed by atoms with Crippen molar-refractivity contribution in [3.63, 3.8) is 0 Å². The van der Waals surface area contributed by atoms with Crippen LogP contribution in [0.2, 0.25) is 5.02 Å². The Morgan fingerprint density at radius 2 is 1.95 bits per heavy atom. The molecule has 108 valence electrons. The molecule has 2 N–H and O–H groups in total. The molecule has 7 heteroatoms. The minimum Gasteiger partial charge on any atom is -0.399 e. The van der Waals surface area contributed by atoms with Crippen LogP contribution in [0.25, 0.3) is 0 Å². The molecular weight excluding hydrogens is 291 g/mol. The summed E-state index contributed by atoms with van der Waals surface area (Å²) in [7, 11) is 0. The molecule has 1 heterocycles. The van der Waals surface area contributed by atoms with E-state index in [1.165, 1.54) is 16.8 Å². The van der Waals surface area contributed by atoms with Crippen LogP contribution < -0.4 is 5.73 Å². The number of aryl methyl sites for hydroxylation is 1. The van der Waals surface area contributed by atoms with Crippen LogP contribution in [0.1, 0.15) is 22.5 Å². The number of aromatic nitrogens is 2. The third-order valence-corrected chi connectivity index (χ3v) is 3.60. The lowest BCUT2D eigenvalue weighted by Crippen LogP contribution is -2.13. The molecule has 2 rings (SSSR count). The van der Waals surface area contributed by atoms with E-state index in [1.54, 1.807) is 13.8 Å². The number of hydrogen-bond acceptors (Lipinski definition) is 2. The van der Waals surface area contributed by atoms with Gasteiger partial charge in [0.2, 0.25) is 0 Å². The van der Waals surface area contributed by atoms with Crippen LogP contribution in [0, 0.1) is 13.8 Å². The SMILES string of the molecule is Cc1nn(Cc2ccc(N)cc2C(F)(F)F)c(C)c1Cl. The fourth-order valence-electron chi connectivity index (χ4n) is 1.99. The van der Waals surface area contributed by atoms with Gasteiger partial charge in [-0.3, -0.25) is 4.68 Å². The number of nitrogens with zero attached hydrogens (tertiary/aromatic N) is 2. The van der Waals surface area contributed by atoms with E-state index < -0.39 is 11.7 Å². The number of rotatable bonds is 2. The zero-order chi connectivity index (χ0) is 15.1. The molecule has 3 nitrogen and oxygen atoms in total. The predicted molar refractivity (Wildman–Crippen MR) is 71.7 cm³/mol. The number of nitrogen functional groups attached to an aromatic ring is 1. The Balaban J connectivity index is 2.46. The minimum absolute atomic E-state index is 0.00544. The number of nitrogens with two attached hydrogens (primary N) is 1. The van der Waals surface area contributed by atoms with Crippen LogP contribution in [-0.4, -0.2) is 9.78 Å². The third-order valence-electron chi connectivity index (χ3n) is 3.05. The Bertz CT molecular complexity index is 647. The van der Waals surface area contributed by atoms with Gasteiger partial charge in [-0.2, -0.15) is 18.3 Å². The number of alkyl halides is 3. The lowest BCUT2D eigenvalue weighted by atomic mass is 10.1. The highest BCUT2D eigenvalue weighted by atomic mass is 35.5. The van der Waals surface area contributed by atoms with Crippen LogP contribution in [0.4, 0.5) is 18.9 Å². The highest BCUT2D eigenvalue weighted by molar-refractivity contribution is 6.31. The molecule has 20 heavy (non-hydrogen) atoms. The van der Waals surface area contributed by atoms with Crippen molar-refractivity contribution in [2.24, 2.45) is 0 Å². The van der Waals surface area contributed by atoms with Gasteiger partial charge in [0.15, 0.2) is 0 Å². The van der Waals surface area contributed by atoms with Crippen molar-refractivity contribution in [1.29, 1.82) is 0 Å². The van der Waals surface area contributed by atoms with E-state index in [0.29, 0.717) is 16.4 Å². The van der Waals surface area contributed by atoms with Crippen LogP contribution in [0.3, 0.4) is 0 Å². The molecular formula is C13H13ClF3N3. The average molecular weight is 304 g/mol. The van der Waals surface area contributed by atoms with Gasteiger partial charge in [0.25, 0.3) is 0 Å². The first-order valence-electron chi connectivity index (χ1n) is 5.85. The molecule has 2 aromatic rings. The summed E-state index contributed by atoms with van der Waals surface area (Å²) in [6, 6.07) is 3.74. The third kappa shape index (κ3) is 2.75. The summed E-state index contributed by atoms with van der Waals surface area (Å²) in [6.07, 6.45) is -4.45. The second kappa shape index (κ2) is 5.01. The highest BCUT2D eigenvalue weighted by Gasteiger charge is 2.33. The highest BCUT2D eigenvalue weighted by Crippen LogP contribution is 2.34. The summed E-state index contributed by atoms with van der Waals surface area (Å²) in [4.78, 5) is 0. The Labute approximate surface area is 119 Å². The molecule has 1 aromatic heterocycles. The van der Waals surface area contributed by atoms with Crippen molar-refractivity contribution in [2.75, 3.05) is 5.73 Å². The lowest BCUT2D eigenvalue weighted by Gasteiger charge is -2.14. The molecule has 0 aliphatic rings. The summed E-state index contributed by atoms with van der Waals surface area (Å²) in [5.74, 6) is 0. The molecule has 0 atom stereocenters. The molecule has 0 amide bonds. The van der Waals surface area contributed by atoms with Gasteiger partial charge in [-0.15, -0.1) is 0 Å². The van der Waals surface area contributed by atoms with E-state index in [2.05, 4.69) is 5.10 Å². The summed E-state index contributed by atoms with van der Waals surface area (Å²) in [5, 5.41) is 4.60. The van der Waals surface area contributed by atoms with Crippen molar-refractivity contribution in [3.05, 3.63) is 45.7 Å². The normalized spacial score (nSPS) is 11.9. The second-order valence-electron chi connectivity index (χ2n) is 4.56. The van der Waals surface area contributed by atoms with Gasteiger partial charge in [0.1, 0.15) is 0 Å². The van der Waals surface area contributed by atoms with Gasteiger partial charge in [-0.05, 0) is 31.5 Å². The van der Waals surface area contributed by atoms with Crippen molar-refractivity contribution in [3.8, 4) is 0 Å². The smallest absolute Gasteiger partial charge is 0.399 e. The van der Waals surface area contributed by atoms with Crippen molar-refractivity contribution >= 4 is 17.3 Å². The minimum atomic E-state index is -4.45. The standard InChI is InChI=1S/C13H13ClF3N3/c1-7-12(14)8(2)20(19-7)6-9-3-4-10(18)5-11(9)13(15,16)17/h3-5H,6,18H2,1-2H3. The van der Waals surface area contributed by atoms with E-state index in [1.807, 2.05) is 0 Å². The topological polar surface area (TPSA) is 43.8 Å². The maximum absolute atomic E-state index is 13.0. The van der Waals surface area contributed by atoms with Gasteiger partial charge in [0, 0.05) is 5.69 Å². The fourth-order valence-corrected chi connectivity index (χ4v) is 2.12. The average Bonchev–Trinajstić information content (AvgIpc) is 2.58. The van der Waals surface area contributed by atoms with Gasteiger partial charge in [-0.25, -0.2) is 0 Å². The predicted octanol–water partition coefficient (Wildman–Crippen LogP) is 3.80. The van der Waals surface area contributed by atoms with E-state index >= 15 is 0 Å². The maximum atomic E-state index is 13.0. The second-order valence-corrected chi connectivity index (χ2v) is 4.93. The Morgan fingerprint density at radius 1 is 1.30 bits per heavy atom. The monoisotopic (exact) mass is 303 g/mol. The van der Waals surface area contributed by atoms with Crippen molar-refractivity contribution in [1.82, 2.24) is 9.78 Å². The summed E-state index contributed by atoms with van der Waals surface area (Å²) < 4.78 is 40.5. The fraction of sp³-hybridized carbons (Fsp3) is 0.308. The number of benzene rings is 1. The van der Waals surface area contributed by atoms with E-state index in [-0.39, 0.29) is 17.8 Å². The molecule has 0 radical (unpaired) electrons. The first-order valence-corrected chi connectivity index (χ1v) is 6.23. The van der Waals surface area contributed by atoms with Crippen LogP contribution in [0.15, 0.2) is 18.2 Å². The molecule has 0 aliphatic carbocycles. The molecule has 0 bridgehead atoms. The Kier molecular flexibility index (Phi) is 3.69. The number of halogens is 4. The Morgan fingerprint density at radius 3 is 2.45 bits per heavy atom. The molecule has 1 aromatic carbocycles. The quantitative estimate of drug-likeness (QED) is 0.858. The van der Waals surface area contributed by atoms with Crippen LogP contribution >= 0.6 is 11.6 Å². The van der Waals surface area contributed by atoms with Crippen molar-refractivity contribution < 1.29 is 13.2 Å². The van der Waals surface area contributed by atoms with Crippen LogP contribution in [-0.2, 0) is 12.7 Å². The molecule has 0 saturated carbocycles. The molecule has 0 fully saturated rings. The van der Waals surface area contributed by atoms with Gasteiger partial charge < -0.3 is 5.73 Å². The first kappa shape index (κ1) is 14.7. The zero-order valence-electron chi connectivity index (χ0n) is 10.9. The summed E-state index contributed by atoms with van der Waals surface area (Å²) >= 11 is 5.99. The van der Waals surface area contributed by atoms with E-state index in [4.69, 9.17) is 17.3 Å². The molecule has 0 aliphatic heterocycles. The van der Waals surface area contributed by atoms with Gasteiger partial charge >= 0.3 is 6.18 Å². The molecule has 0 unspecified atom stereocenters. The molecule has 0 saturated heterocycles. The van der Waals surface area contributed by atoms with Crippen LogP contribution in [0.5, 0.6) is 0 Å². The first-order chi connectivity index (χ1) is 9.20. The van der Waals surface area contributed by atoms with E-state index in [9.17, 15) is 13.2 Å². The zero-order valence-corrected chi connectivity index (χ0v) is 11.7. The lowest BCUT2D eigenvalue weighted by molar-refractivity contribution is -0.138. The molecule has 0 spiro atoms. The maximum Gasteiger partial charge on any atom is 0.416 e. The summed E-state index contributed by atoms with van der Waals surface area (Å²) in [5.41, 5.74) is 6.09. The van der Waals surface area contributed by atoms with Gasteiger partial charge in [-0.1, -0.05) is 17.7 Å². The number of hydrogen-bond donors (Lipinski definition) is 1. The van der Waals surface area contributed by atoms with Crippen molar-refractivity contribution in [2.45, 2.75) is 26.6 Å². The Hall–Kier alpha value is -1.69. The van der Waals surface area contributed by atoms with Gasteiger partial charge in [0.05, 0.1) is 28.5 Å².